The number of aryl methyl sites for hydroxylation is 1. The van der Waals surface area contributed by atoms with Gasteiger partial charge >= 0.3 is 5.97 Å². The van der Waals surface area contributed by atoms with Crippen LogP contribution in [-0.2, 0) is 0 Å². The van der Waals surface area contributed by atoms with E-state index in [2.05, 4.69) is 9.88 Å². The number of benzene rings is 1. The van der Waals surface area contributed by atoms with E-state index in [-0.39, 0.29) is 16.3 Å². The van der Waals surface area contributed by atoms with Crippen LogP contribution >= 0.6 is 11.8 Å². The summed E-state index contributed by atoms with van der Waals surface area (Å²) in [6.07, 6.45) is 1.73. The Balaban J connectivity index is 1.31. The molecule has 1 N–H and O–H groups in total. The fourth-order valence-electron chi connectivity index (χ4n) is 4.55. The van der Waals surface area contributed by atoms with Gasteiger partial charge < -0.3 is 19.3 Å². The van der Waals surface area contributed by atoms with E-state index in [1.54, 1.807) is 12.3 Å². The van der Waals surface area contributed by atoms with E-state index in [0.717, 1.165) is 25.2 Å². The van der Waals surface area contributed by atoms with Gasteiger partial charge in [-0.15, -0.1) is 0 Å². The van der Waals surface area contributed by atoms with Crippen LogP contribution in [0.15, 0.2) is 40.3 Å². The molecule has 1 unspecified atom stereocenters. The molecule has 34 heavy (non-hydrogen) atoms. The molecule has 1 fully saturated rings. The van der Waals surface area contributed by atoms with Crippen LogP contribution in [0, 0.1) is 12.7 Å². The predicted molar refractivity (Wildman–Crippen MR) is 129 cm³/mol. The van der Waals surface area contributed by atoms with Crippen molar-refractivity contribution < 1.29 is 19.0 Å². The lowest BCUT2D eigenvalue weighted by Gasteiger charge is -2.37. The Kier molecular flexibility index (Phi) is 5.95. The Morgan fingerprint density at radius 3 is 2.71 bits per heavy atom. The third-order valence-corrected chi connectivity index (χ3v) is 7.53. The average molecular weight is 485 g/mol. The predicted octanol–water partition coefficient (Wildman–Crippen LogP) is 3.37. The summed E-state index contributed by atoms with van der Waals surface area (Å²) < 4.78 is 22.7. The molecule has 0 spiro atoms. The second-order valence-electron chi connectivity index (χ2n) is 8.57. The zero-order valence-electron chi connectivity index (χ0n) is 19.0. The maximum absolute atomic E-state index is 15.1. The number of halogens is 1. The molecule has 3 aromatic rings. The highest BCUT2D eigenvalue weighted by molar-refractivity contribution is 8.00. The monoisotopic (exact) mass is 484 g/mol. The number of ether oxygens (including phenoxy) is 1. The molecule has 1 aromatic carbocycles. The molecule has 0 saturated carbocycles. The summed E-state index contributed by atoms with van der Waals surface area (Å²) in [7, 11) is 0. The first-order valence-electron chi connectivity index (χ1n) is 11.2. The molecule has 0 aliphatic carbocycles. The highest BCUT2D eigenvalue weighted by Crippen LogP contribution is 2.46. The van der Waals surface area contributed by atoms with E-state index in [1.165, 1.54) is 17.8 Å². The SMILES string of the molecule is Cc1ccnc(OCCN2CCN(c3cc4c(cc3F)c(=O)c(C(=O)O)c3n4C(C)S3)CC2)c1. The van der Waals surface area contributed by atoms with Crippen LogP contribution in [-0.4, -0.2) is 64.9 Å². The molecule has 178 valence electrons. The molecular weight excluding hydrogens is 459 g/mol. The number of carboxylic acid groups (broad SMARTS) is 1. The molecule has 2 aliphatic heterocycles. The van der Waals surface area contributed by atoms with Gasteiger partial charge in [0, 0.05) is 50.4 Å². The molecule has 8 nitrogen and oxygen atoms in total. The van der Waals surface area contributed by atoms with Gasteiger partial charge in [-0.2, -0.15) is 0 Å². The minimum atomic E-state index is -1.28. The van der Waals surface area contributed by atoms with Crippen molar-refractivity contribution >= 4 is 34.3 Å². The number of fused-ring (bicyclic) bond motifs is 3. The second-order valence-corrected chi connectivity index (χ2v) is 9.88. The molecule has 2 aromatic heterocycles. The summed E-state index contributed by atoms with van der Waals surface area (Å²) in [5.41, 5.74) is 1.20. The Morgan fingerprint density at radius 2 is 2.03 bits per heavy atom. The number of nitrogens with zero attached hydrogens (tertiary/aromatic N) is 4. The molecule has 2 aliphatic rings. The first-order valence-corrected chi connectivity index (χ1v) is 12.1. The fourth-order valence-corrected chi connectivity index (χ4v) is 5.70. The molecule has 0 bridgehead atoms. The van der Waals surface area contributed by atoms with Crippen molar-refractivity contribution in [3.8, 4) is 5.88 Å². The van der Waals surface area contributed by atoms with Gasteiger partial charge in [0.05, 0.1) is 21.6 Å². The number of hydrogen-bond acceptors (Lipinski definition) is 7. The number of aromatic nitrogens is 2. The number of thioether (sulfide) groups is 1. The van der Waals surface area contributed by atoms with E-state index in [0.29, 0.717) is 41.8 Å². The minimum Gasteiger partial charge on any atom is -0.477 e. The topological polar surface area (TPSA) is 87.9 Å². The van der Waals surface area contributed by atoms with Gasteiger partial charge in [-0.3, -0.25) is 9.69 Å². The lowest BCUT2D eigenvalue weighted by atomic mass is 10.1. The Morgan fingerprint density at radius 1 is 1.26 bits per heavy atom. The van der Waals surface area contributed by atoms with E-state index in [1.807, 2.05) is 35.4 Å². The summed E-state index contributed by atoms with van der Waals surface area (Å²) in [5, 5.41) is 10.0. The third-order valence-electron chi connectivity index (χ3n) is 6.35. The number of carboxylic acids is 1. The summed E-state index contributed by atoms with van der Waals surface area (Å²) in [4.78, 5) is 32.9. The van der Waals surface area contributed by atoms with E-state index >= 15 is 4.39 Å². The summed E-state index contributed by atoms with van der Waals surface area (Å²) in [5.74, 6) is -1.18. The van der Waals surface area contributed by atoms with Gasteiger partial charge in [-0.05, 0) is 37.6 Å². The zero-order valence-corrected chi connectivity index (χ0v) is 19.8. The van der Waals surface area contributed by atoms with Gasteiger partial charge in [-0.25, -0.2) is 14.2 Å². The lowest BCUT2D eigenvalue weighted by molar-refractivity contribution is 0.0689. The highest BCUT2D eigenvalue weighted by atomic mass is 32.2. The number of rotatable bonds is 6. The maximum atomic E-state index is 15.1. The van der Waals surface area contributed by atoms with Crippen molar-refractivity contribution in [2.24, 2.45) is 0 Å². The Bertz CT molecular complexity index is 1340. The van der Waals surface area contributed by atoms with Crippen molar-refractivity contribution in [1.29, 1.82) is 0 Å². The van der Waals surface area contributed by atoms with E-state index in [9.17, 15) is 14.7 Å². The second kappa shape index (κ2) is 8.92. The van der Waals surface area contributed by atoms with Gasteiger partial charge in [0.15, 0.2) is 0 Å². The smallest absolute Gasteiger partial charge is 0.342 e. The first-order chi connectivity index (χ1) is 16.3. The normalized spacial score (nSPS) is 18.0. The molecule has 1 saturated heterocycles. The molecule has 4 heterocycles. The van der Waals surface area contributed by atoms with E-state index < -0.39 is 17.2 Å². The number of aromatic carboxylic acids is 1. The minimum absolute atomic E-state index is 0.0192. The van der Waals surface area contributed by atoms with Crippen LogP contribution in [0.25, 0.3) is 10.9 Å². The van der Waals surface area contributed by atoms with Crippen LogP contribution in [0.4, 0.5) is 10.1 Å². The largest absolute Gasteiger partial charge is 0.477 e. The Hall–Kier alpha value is -3.11. The lowest BCUT2D eigenvalue weighted by Crippen LogP contribution is -2.47. The highest BCUT2D eigenvalue weighted by Gasteiger charge is 2.33. The van der Waals surface area contributed by atoms with Crippen molar-refractivity contribution in [1.82, 2.24) is 14.5 Å². The molecule has 5 rings (SSSR count). The van der Waals surface area contributed by atoms with Crippen molar-refractivity contribution in [3.63, 3.8) is 0 Å². The van der Waals surface area contributed by atoms with E-state index in [4.69, 9.17) is 4.74 Å². The quantitative estimate of drug-likeness (QED) is 0.570. The van der Waals surface area contributed by atoms with Crippen LogP contribution < -0.4 is 15.1 Å². The molecule has 1 atom stereocenters. The van der Waals surface area contributed by atoms with Gasteiger partial charge in [0.2, 0.25) is 11.3 Å². The number of pyridine rings is 2. The first kappa shape index (κ1) is 22.7. The number of piperazine rings is 1. The third kappa shape index (κ3) is 4.01. The molecule has 0 radical (unpaired) electrons. The van der Waals surface area contributed by atoms with Gasteiger partial charge in [0.25, 0.3) is 0 Å². The average Bonchev–Trinajstić information content (AvgIpc) is 2.79. The van der Waals surface area contributed by atoms with Crippen LogP contribution in [0.5, 0.6) is 5.88 Å². The van der Waals surface area contributed by atoms with Gasteiger partial charge in [-0.1, -0.05) is 11.8 Å². The van der Waals surface area contributed by atoms with Crippen LogP contribution in [0.3, 0.4) is 0 Å². The van der Waals surface area contributed by atoms with Crippen molar-refractivity contribution in [3.05, 3.63) is 57.6 Å². The zero-order chi connectivity index (χ0) is 24.0. The summed E-state index contributed by atoms with van der Waals surface area (Å²) >= 11 is 1.34. The summed E-state index contributed by atoms with van der Waals surface area (Å²) in [6.45, 7) is 7.99. The van der Waals surface area contributed by atoms with Gasteiger partial charge in [0.1, 0.15) is 18.0 Å². The number of hydrogen-bond donors (Lipinski definition) is 1. The van der Waals surface area contributed by atoms with Crippen LogP contribution in [0.1, 0.15) is 28.2 Å². The molecule has 0 amide bonds. The summed E-state index contributed by atoms with van der Waals surface area (Å²) in [6, 6.07) is 6.71. The fraction of sp³-hybridized carbons (Fsp3) is 0.375. The molecule has 10 heteroatoms. The number of carbonyl (C=O) groups is 1. The Labute approximate surface area is 199 Å². The number of anilines is 1. The van der Waals surface area contributed by atoms with Crippen molar-refractivity contribution in [2.45, 2.75) is 24.2 Å². The standard InChI is InChI=1S/C24H25FN4O4S/c1-14-3-4-26-20(11-14)33-10-9-27-5-7-28(8-6-27)19-13-18-16(12-17(19)25)22(30)21(24(31)32)23-29(18)15(2)34-23/h3-4,11-13,15H,5-10H2,1-2H3,(H,31,32). The maximum Gasteiger partial charge on any atom is 0.342 e. The van der Waals surface area contributed by atoms with Crippen LogP contribution in [0.2, 0.25) is 0 Å². The molecular formula is C24H25FN4O4S. The van der Waals surface area contributed by atoms with Crippen molar-refractivity contribution in [2.75, 3.05) is 44.2 Å².